The van der Waals surface area contributed by atoms with Gasteiger partial charge in [0, 0.05) is 32.2 Å². The zero-order chi connectivity index (χ0) is 16.6. The summed E-state index contributed by atoms with van der Waals surface area (Å²) < 4.78 is 0. The molecule has 2 amide bonds. The number of amides is 2. The van der Waals surface area contributed by atoms with E-state index in [1.54, 1.807) is 18.4 Å². The van der Waals surface area contributed by atoms with E-state index in [2.05, 4.69) is 24.1 Å². The van der Waals surface area contributed by atoms with Gasteiger partial charge in [-0.1, -0.05) is 0 Å². The highest BCUT2D eigenvalue weighted by Gasteiger charge is 2.50. The lowest BCUT2D eigenvalue weighted by atomic mass is 10.0. The number of hydrogen-bond donors (Lipinski definition) is 1. The van der Waals surface area contributed by atoms with Crippen molar-refractivity contribution in [2.24, 2.45) is 5.92 Å². The molecule has 0 spiro atoms. The Labute approximate surface area is 141 Å². The SMILES string of the molecule is CNC(=O)[C@H]1C[C@@H]2CN(C(=O)Cc3ccsc3)C[C@@H]2N1C(C)C. The summed E-state index contributed by atoms with van der Waals surface area (Å²) in [5.74, 6) is 0.716. The average Bonchev–Trinajstić information content (AvgIpc) is 3.20. The van der Waals surface area contributed by atoms with Gasteiger partial charge in [-0.15, -0.1) is 0 Å². The number of fused-ring (bicyclic) bond motifs is 1. The van der Waals surface area contributed by atoms with Gasteiger partial charge < -0.3 is 10.2 Å². The summed E-state index contributed by atoms with van der Waals surface area (Å²) >= 11 is 1.63. The first-order valence-electron chi connectivity index (χ1n) is 8.29. The van der Waals surface area contributed by atoms with E-state index < -0.39 is 0 Å². The number of carbonyl (C=O) groups is 2. The van der Waals surface area contributed by atoms with Gasteiger partial charge in [0.25, 0.3) is 0 Å². The third kappa shape index (κ3) is 3.15. The highest BCUT2D eigenvalue weighted by Crippen LogP contribution is 2.37. The minimum atomic E-state index is -0.0517. The van der Waals surface area contributed by atoms with E-state index >= 15 is 0 Å². The molecule has 126 valence electrons. The van der Waals surface area contributed by atoms with E-state index in [9.17, 15) is 9.59 Å². The Balaban J connectivity index is 1.67. The quantitative estimate of drug-likeness (QED) is 0.904. The van der Waals surface area contributed by atoms with Crippen molar-refractivity contribution in [3.8, 4) is 0 Å². The van der Waals surface area contributed by atoms with Gasteiger partial charge in [-0.05, 0) is 48.6 Å². The maximum Gasteiger partial charge on any atom is 0.237 e. The molecule has 23 heavy (non-hydrogen) atoms. The Hall–Kier alpha value is -1.40. The molecule has 0 unspecified atom stereocenters. The van der Waals surface area contributed by atoms with Crippen LogP contribution in [0.5, 0.6) is 0 Å². The summed E-state index contributed by atoms with van der Waals surface area (Å²) in [4.78, 5) is 29.0. The molecule has 6 heteroatoms. The smallest absolute Gasteiger partial charge is 0.237 e. The van der Waals surface area contributed by atoms with Crippen molar-refractivity contribution in [2.45, 2.75) is 44.8 Å². The summed E-state index contributed by atoms with van der Waals surface area (Å²) in [7, 11) is 1.70. The van der Waals surface area contributed by atoms with Crippen molar-refractivity contribution in [3.63, 3.8) is 0 Å². The average molecular weight is 335 g/mol. The van der Waals surface area contributed by atoms with Crippen molar-refractivity contribution >= 4 is 23.2 Å². The molecule has 0 saturated carbocycles. The van der Waals surface area contributed by atoms with Crippen LogP contribution >= 0.6 is 11.3 Å². The molecule has 3 heterocycles. The number of nitrogens with one attached hydrogen (secondary N) is 1. The lowest BCUT2D eigenvalue weighted by Crippen LogP contribution is -2.50. The molecular weight excluding hydrogens is 310 g/mol. The van der Waals surface area contributed by atoms with Gasteiger partial charge in [0.15, 0.2) is 0 Å². The van der Waals surface area contributed by atoms with Gasteiger partial charge in [0.05, 0.1) is 12.5 Å². The molecule has 0 aromatic carbocycles. The molecule has 2 fully saturated rings. The largest absolute Gasteiger partial charge is 0.358 e. The zero-order valence-corrected chi connectivity index (χ0v) is 14.8. The molecule has 0 aliphatic carbocycles. The van der Waals surface area contributed by atoms with Crippen molar-refractivity contribution in [3.05, 3.63) is 22.4 Å². The fraction of sp³-hybridized carbons (Fsp3) is 0.647. The number of likely N-dealkylation sites (tertiary alicyclic amines) is 2. The highest BCUT2D eigenvalue weighted by atomic mass is 32.1. The number of rotatable bonds is 4. The van der Waals surface area contributed by atoms with Gasteiger partial charge in [-0.2, -0.15) is 11.3 Å². The van der Waals surface area contributed by atoms with Crippen molar-refractivity contribution in [1.82, 2.24) is 15.1 Å². The highest BCUT2D eigenvalue weighted by molar-refractivity contribution is 7.08. The number of nitrogens with zero attached hydrogens (tertiary/aromatic N) is 2. The topological polar surface area (TPSA) is 52.7 Å². The van der Waals surface area contributed by atoms with Crippen molar-refractivity contribution in [2.75, 3.05) is 20.1 Å². The van der Waals surface area contributed by atoms with Crippen LogP contribution in [-0.2, 0) is 16.0 Å². The van der Waals surface area contributed by atoms with Crippen LogP contribution in [0.3, 0.4) is 0 Å². The fourth-order valence-electron chi connectivity index (χ4n) is 4.10. The third-order valence-electron chi connectivity index (χ3n) is 5.11. The Bertz CT molecular complexity index is 572. The molecule has 2 aliphatic heterocycles. The normalized spacial score (nSPS) is 27.5. The first-order chi connectivity index (χ1) is 11.0. The molecule has 2 saturated heterocycles. The monoisotopic (exact) mass is 335 g/mol. The summed E-state index contributed by atoms with van der Waals surface area (Å²) in [6.45, 7) is 5.80. The fourth-order valence-corrected chi connectivity index (χ4v) is 4.77. The standard InChI is InChI=1S/C17H25N3O2S/c1-11(2)20-14(17(22)18-3)7-13-8-19(9-15(13)20)16(21)6-12-4-5-23-10-12/h4-5,10-11,13-15H,6-9H2,1-3H3,(H,18,22)/t13-,14-,15+/m1/s1. The third-order valence-corrected chi connectivity index (χ3v) is 5.84. The van der Waals surface area contributed by atoms with Gasteiger partial charge in [-0.25, -0.2) is 0 Å². The van der Waals surface area contributed by atoms with Crippen LogP contribution in [0.25, 0.3) is 0 Å². The maximum atomic E-state index is 12.5. The molecule has 1 aromatic rings. The summed E-state index contributed by atoms with van der Waals surface area (Å²) in [6.07, 6.45) is 1.34. The summed E-state index contributed by atoms with van der Waals surface area (Å²) in [5, 5.41) is 6.83. The van der Waals surface area contributed by atoms with E-state index in [-0.39, 0.29) is 17.9 Å². The van der Waals surface area contributed by atoms with E-state index in [4.69, 9.17) is 0 Å². The molecule has 3 rings (SSSR count). The lowest BCUT2D eigenvalue weighted by molar-refractivity contribution is -0.130. The lowest BCUT2D eigenvalue weighted by Gasteiger charge is -2.33. The molecule has 5 nitrogen and oxygen atoms in total. The van der Waals surface area contributed by atoms with Crippen LogP contribution in [-0.4, -0.2) is 59.9 Å². The number of thiophene rings is 1. The predicted octanol–water partition coefficient (Wildman–Crippen LogP) is 1.35. The molecule has 3 atom stereocenters. The minimum absolute atomic E-state index is 0.0517. The van der Waals surface area contributed by atoms with Crippen LogP contribution < -0.4 is 5.32 Å². The van der Waals surface area contributed by atoms with E-state index in [1.165, 1.54) is 0 Å². The maximum absolute atomic E-state index is 12.5. The predicted molar refractivity (Wildman–Crippen MR) is 91.3 cm³/mol. The van der Waals surface area contributed by atoms with Gasteiger partial charge in [0.1, 0.15) is 0 Å². The molecule has 0 radical (unpaired) electrons. The number of carbonyl (C=O) groups excluding carboxylic acids is 2. The second-order valence-electron chi connectivity index (χ2n) is 6.84. The van der Waals surface area contributed by atoms with Crippen LogP contribution in [0.2, 0.25) is 0 Å². The zero-order valence-electron chi connectivity index (χ0n) is 14.0. The van der Waals surface area contributed by atoms with E-state index in [0.717, 1.165) is 25.1 Å². The Morgan fingerprint density at radius 2 is 2.17 bits per heavy atom. The molecule has 1 N–H and O–H groups in total. The van der Waals surface area contributed by atoms with Crippen molar-refractivity contribution < 1.29 is 9.59 Å². The Kier molecular flexibility index (Phi) is 4.73. The number of hydrogen-bond acceptors (Lipinski definition) is 4. The first kappa shape index (κ1) is 16.5. The summed E-state index contributed by atoms with van der Waals surface area (Å²) in [5.41, 5.74) is 1.10. The van der Waals surface area contributed by atoms with Gasteiger partial charge >= 0.3 is 0 Å². The molecule has 1 aromatic heterocycles. The number of likely N-dealkylation sites (N-methyl/N-ethyl adjacent to an activating group) is 1. The first-order valence-corrected chi connectivity index (χ1v) is 9.23. The molecular formula is C17H25N3O2S. The van der Waals surface area contributed by atoms with Crippen LogP contribution in [0.1, 0.15) is 25.8 Å². The van der Waals surface area contributed by atoms with Gasteiger partial charge in [0.2, 0.25) is 11.8 Å². The minimum Gasteiger partial charge on any atom is -0.358 e. The van der Waals surface area contributed by atoms with Crippen LogP contribution in [0.4, 0.5) is 0 Å². The molecule has 2 aliphatic rings. The van der Waals surface area contributed by atoms with Crippen LogP contribution in [0, 0.1) is 5.92 Å². The second kappa shape index (κ2) is 6.61. The Morgan fingerprint density at radius 3 is 2.78 bits per heavy atom. The summed E-state index contributed by atoms with van der Waals surface area (Å²) in [6, 6.07) is 2.58. The van der Waals surface area contributed by atoms with E-state index in [1.807, 2.05) is 21.7 Å². The van der Waals surface area contributed by atoms with E-state index in [0.29, 0.717) is 24.4 Å². The molecule has 0 bridgehead atoms. The second-order valence-corrected chi connectivity index (χ2v) is 7.62. The Morgan fingerprint density at radius 1 is 1.39 bits per heavy atom. The van der Waals surface area contributed by atoms with Crippen LogP contribution in [0.15, 0.2) is 16.8 Å². The van der Waals surface area contributed by atoms with Gasteiger partial charge in [-0.3, -0.25) is 14.5 Å². The van der Waals surface area contributed by atoms with Crippen molar-refractivity contribution in [1.29, 1.82) is 0 Å².